The van der Waals surface area contributed by atoms with Crippen LogP contribution in [0.15, 0.2) is 0 Å². The van der Waals surface area contributed by atoms with Gasteiger partial charge < -0.3 is 20.1 Å². The first-order valence-electron chi connectivity index (χ1n) is 6.23. The number of rotatable bonds is 9. The fraction of sp³-hybridized carbons (Fsp3) is 0.833. The number of carboxylic acid groups (broad SMARTS) is 1. The first-order valence-corrected chi connectivity index (χ1v) is 6.23. The first-order chi connectivity index (χ1) is 8.51. The third-order valence-electron chi connectivity index (χ3n) is 2.61. The molecule has 106 valence electrons. The second kappa shape index (κ2) is 9.70. The molecule has 2 N–H and O–H groups in total. The first kappa shape index (κ1) is 16.7. The lowest BCUT2D eigenvalue weighted by Crippen LogP contribution is -2.45. The van der Waals surface area contributed by atoms with E-state index < -0.39 is 5.97 Å². The molecule has 1 atom stereocenters. The molecule has 18 heavy (non-hydrogen) atoms. The zero-order chi connectivity index (χ0) is 14.0. The molecule has 2 amide bonds. The molecule has 0 heterocycles. The number of methoxy groups -OCH3 is 1. The summed E-state index contributed by atoms with van der Waals surface area (Å²) in [6, 6.07) is -0.274. The second-order valence-electron chi connectivity index (χ2n) is 4.31. The third kappa shape index (κ3) is 7.89. The van der Waals surface area contributed by atoms with Gasteiger partial charge in [0.15, 0.2) is 0 Å². The van der Waals surface area contributed by atoms with Gasteiger partial charge in [-0.25, -0.2) is 4.79 Å². The number of hydrogen-bond acceptors (Lipinski definition) is 3. The largest absolute Gasteiger partial charge is 0.481 e. The number of unbranched alkanes of at least 4 members (excludes halogenated alkanes) is 1. The van der Waals surface area contributed by atoms with Crippen molar-refractivity contribution in [3.63, 3.8) is 0 Å². The lowest BCUT2D eigenvalue weighted by molar-refractivity contribution is -0.137. The molecule has 1 unspecified atom stereocenters. The number of urea groups is 1. The number of amides is 2. The van der Waals surface area contributed by atoms with Gasteiger partial charge in [-0.1, -0.05) is 19.8 Å². The van der Waals surface area contributed by atoms with Crippen LogP contribution in [-0.4, -0.2) is 55.4 Å². The van der Waals surface area contributed by atoms with E-state index in [2.05, 4.69) is 12.2 Å². The zero-order valence-electron chi connectivity index (χ0n) is 11.4. The molecular formula is C12H24N2O4. The Balaban J connectivity index is 4.09. The fourth-order valence-corrected chi connectivity index (χ4v) is 1.50. The number of carboxylic acids is 1. The van der Waals surface area contributed by atoms with Crippen LogP contribution >= 0.6 is 0 Å². The number of ether oxygens (including phenoxy) is 1. The minimum atomic E-state index is -0.908. The average molecular weight is 260 g/mol. The standard InChI is InChI=1S/C12H24N2O4/c1-4-5-6-10(9-18-3)13-12(17)14(2)8-7-11(15)16/h10H,4-9H2,1-3H3,(H,13,17)(H,15,16). The van der Waals surface area contributed by atoms with Crippen LogP contribution in [0.1, 0.15) is 32.6 Å². The summed E-state index contributed by atoms with van der Waals surface area (Å²) in [4.78, 5) is 23.6. The summed E-state index contributed by atoms with van der Waals surface area (Å²) in [5.41, 5.74) is 0. The van der Waals surface area contributed by atoms with Gasteiger partial charge in [-0.05, 0) is 6.42 Å². The van der Waals surface area contributed by atoms with Crippen molar-refractivity contribution in [2.24, 2.45) is 0 Å². The predicted octanol–water partition coefficient (Wildman–Crippen LogP) is 1.31. The van der Waals surface area contributed by atoms with Gasteiger partial charge in [0.05, 0.1) is 19.1 Å². The Hall–Kier alpha value is -1.30. The van der Waals surface area contributed by atoms with Gasteiger partial charge in [0.2, 0.25) is 0 Å². The van der Waals surface area contributed by atoms with E-state index in [0.29, 0.717) is 6.61 Å². The Labute approximate surface area is 108 Å². The number of nitrogens with one attached hydrogen (secondary N) is 1. The maximum absolute atomic E-state index is 11.8. The number of hydrogen-bond donors (Lipinski definition) is 2. The zero-order valence-corrected chi connectivity index (χ0v) is 11.4. The molecule has 0 fully saturated rings. The number of carbonyl (C=O) groups is 2. The lowest BCUT2D eigenvalue weighted by Gasteiger charge is -2.22. The Morgan fingerprint density at radius 2 is 2.11 bits per heavy atom. The summed E-state index contributed by atoms with van der Waals surface area (Å²) in [6.07, 6.45) is 2.90. The SMILES string of the molecule is CCCCC(COC)NC(=O)N(C)CCC(=O)O. The molecule has 0 spiro atoms. The summed E-state index contributed by atoms with van der Waals surface area (Å²) in [6.45, 7) is 2.76. The van der Waals surface area contributed by atoms with Gasteiger partial charge in [0, 0.05) is 20.7 Å². The van der Waals surface area contributed by atoms with E-state index in [-0.39, 0.29) is 25.0 Å². The Morgan fingerprint density at radius 3 is 2.61 bits per heavy atom. The monoisotopic (exact) mass is 260 g/mol. The molecule has 0 aliphatic rings. The molecule has 6 heteroatoms. The van der Waals surface area contributed by atoms with E-state index in [1.165, 1.54) is 4.90 Å². The van der Waals surface area contributed by atoms with Crippen molar-refractivity contribution in [2.75, 3.05) is 27.3 Å². The van der Waals surface area contributed by atoms with Crippen molar-refractivity contribution >= 4 is 12.0 Å². The Bertz CT molecular complexity index is 258. The topological polar surface area (TPSA) is 78.9 Å². The molecule has 6 nitrogen and oxygen atoms in total. The molecule has 0 rings (SSSR count). The van der Waals surface area contributed by atoms with Crippen molar-refractivity contribution in [3.8, 4) is 0 Å². The molecule has 0 aromatic carbocycles. The molecule has 0 aromatic heterocycles. The van der Waals surface area contributed by atoms with Gasteiger partial charge in [-0.2, -0.15) is 0 Å². The van der Waals surface area contributed by atoms with E-state index in [4.69, 9.17) is 9.84 Å². The highest BCUT2D eigenvalue weighted by atomic mass is 16.5. The minimum Gasteiger partial charge on any atom is -0.481 e. The number of aliphatic carboxylic acids is 1. The normalized spacial score (nSPS) is 11.9. The highest BCUT2D eigenvalue weighted by Gasteiger charge is 2.15. The van der Waals surface area contributed by atoms with Crippen molar-refractivity contribution < 1.29 is 19.4 Å². The quantitative estimate of drug-likeness (QED) is 0.655. The van der Waals surface area contributed by atoms with Gasteiger partial charge in [-0.3, -0.25) is 4.79 Å². The Morgan fingerprint density at radius 1 is 1.44 bits per heavy atom. The smallest absolute Gasteiger partial charge is 0.317 e. The molecule has 0 aliphatic carbocycles. The third-order valence-corrected chi connectivity index (χ3v) is 2.61. The summed E-state index contributed by atoms with van der Waals surface area (Å²) in [5, 5.41) is 11.4. The van der Waals surface area contributed by atoms with E-state index in [0.717, 1.165) is 19.3 Å². The lowest BCUT2D eigenvalue weighted by atomic mass is 10.1. The highest BCUT2D eigenvalue weighted by molar-refractivity contribution is 5.75. The van der Waals surface area contributed by atoms with Crippen LogP contribution in [0.3, 0.4) is 0 Å². The molecule has 0 bridgehead atoms. The molecule has 0 saturated carbocycles. The Kier molecular flexibility index (Phi) is 9.00. The van der Waals surface area contributed by atoms with Crippen LogP contribution < -0.4 is 5.32 Å². The van der Waals surface area contributed by atoms with E-state index in [1.54, 1.807) is 14.2 Å². The van der Waals surface area contributed by atoms with E-state index in [1.807, 2.05) is 0 Å². The molecule has 0 radical (unpaired) electrons. The highest BCUT2D eigenvalue weighted by Crippen LogP contribution is 2.02. The molecule has 0 aromatic rings. The summed E-state index contributed by atoms with van der Waals surface area (Å²) in [7, 11) is 3.18. The van der Waals surface area contributed by atoms with Gasteiger partial charge in [0.25, 0.3) is 0 Å². The summed E-state index contributed by atoms with van der Waals surface area (Å²) < 4.78 is 5.05. The van der Waals surface area contributed by atoms with E-state index in [9.17, 15) is 9.59 Å². The van der Waals surface area contributed by atoms with E-state index >= 15 is 0 Å². The minimum absolute atomic E-state index is 0.0188. The molecular weight excluding hydrogens is 236 g/mol. The molecule has 0 saturated heterocycles. The number of carbonyl (C=O) groups excluding carboxylic acids is 1. The van der Waals surface area contributed by atoms with Crippen LogP contribution in [0.2, 0.25) is 0 Å². The maximum atomic E-state index is 11.8. The van der Waals surface area contributed by atoms with Crippen molar-refractivity contribution in [1.82, 2.24) is 10.2 Å². The van der Waals surface area contributed by atoms with Crippen molar-refractivity contribution in [2.45, 2.75) is 38.6 Å². The van der Waals surface area contributed by atoms with Crippen LogP contribution in [0.5, 0.6) is 0 Å². The molecule has 0 aliphatic heterocycles. The van der Waals surface area contributed by atoms with Crippen molar-refractivity contribution in [1.29, 1.82) is 0 Å². The van der Waals surface area contributed by atoms with Crippen LogP contribution in [0.4, 0.5) is 4.79 Å². The summed E-state index contributed by atoms with van der Waals surface area (Å²) >= 11 is 0. The fourth-order valence-electron chi connectivity index (χ4n) is 1.50. The number of nitrogens with zero attached hydrogens (tertiary/aromatic N) is 1. The van der Waals surface area contributed by atoms with Crippen LogP contribution in [0, 0.1) is 0 Å². The average Bonchev–Trinajstić information content (AvgIpc) is 2.33. The second-order valence-corrected chi connectivity index (χ2v) is 4.31. The summed E-state index contributed by atoms with van der Waals surface area (Å²) in [5.74, 6) is -0.908. The van der Waals surface area contributed by atoms with Crippen LogP contribution in [-0.2, 0) is 9.53 Å². The van der Waals surface area contributed by atoms with Gasteiger partial charge in [-0.15, -0.1) is 0 Å². The van der Waals surface area contributed by atoms with Gasteiger partial charge in [0.1, 0.15) is 0 Å². The maximum Gasteiger partial charge on any atom is 0.317 e. The predicted molar refractivity (Wildman–Crippen MR) is 68.6 cm³/mol. The van der Waals surface area contributed by atoms with Crippen molar-refractivity contribution in [3.05, 3.63) is 0 Å². The van der Waals surface area contributed by atoms with Gasteiger partial charge >= 0.3 is 12.0 Å². The van der Waals surface area contributed by atoms with Crippen LogP contribution in [0.25, 0.3) is 0 Å².